The predicted molar refractivity (Wildman–Crippen MR) is 49.4 cm³/mol. The van der Waals surface area contributed by atoms with Gasteiger partial charge in [-0.2, -0.15) is 0 Å². The zero-order chi connectivity index (χ0) is 9.10. The summed E-state index contributed by atoms with van der Waals surface area (Å²) in [4.78, 5) is 0. The minimum absolute atomic E-state index is 0.111. The van der Waals surface area contributed by atoms with Crippen LogP contribution in [-0.4, -0.2) is 18.8 Å². The summed E-state index contributed by atoms with van der Waals surface area (Å²) >= 11 is 0. The van der Waals surface area contributed by atoms with Gasteiger partial charge in [0.05, 0.1) is 18.6 Å². The Hall–Kier alpha value is -0.800. The Morgan fingerprint density at radius 3 is 3.15 bits per heavy atom. The van der Waals surface area contributed by atoms with E-state index in [9.17, 15) is 0 Å². The van der Waals surface area contributed by atoms with Crippen molar-refractivity contribution in [3.8, 4) is 0 Å². The Labute approximate surface area is 77.9 Å². The van der Waals surface area contributed by atoms with Crippen molar-refractivity contribution in [2.75, 3.05) is 6.61 Å². The monoisotopic (exact) mass is 181 g/mol. The molecule has 0 radical (unpaired) electrons. The van der Waals surface area contributed by atoms with Gasteiger partial charge in [0.1, 0.15) is 0 Å². The van der Waals surface area contributed by atoms with Crippen LogP contribution < -0.4 is 5.73 Å². The van der Waals surface area contributed by atoms with E-state index in [4.69, 9.17) is 14.9 Å². The van der Waals surface area contributed by atoms with E-state index in [2.05, 4.69) is 0 Å². The van der Waals surface area contributed by atoms with Crippen LogP contribution in [0.2, 0.25) is 0 Å². The molecule has 1 saturated heterocycles. The second kappa shape index (κ2) is 3.94. The topological polar surface area (TPSA) is 48.4 Å². The molecule has 2 atom stereocenters. The lowest BCUT2D eigenvalue weighted by Gasteiger charge is -2.17. The van der Waals surface area contributed by atoms with Crippen LogP contribution in [-0.2, 0) is 11.2 Å². The van der Waals surface area contributed by atoms with Crippen LogP contribution in [0.3, 0.4) is 0 Å². The molecule has 1 fully saturated rings. The second-order valence-electron chi connectivity index (χ2n) is 3.55. The lowest BCUT2D eigenvalue weighted by atomic mass is 10.0. The normalized spacial score (nSPS) is 24.8. The summed E-state index contributed by atoms with van der Waals surface area (Å²) in [5.41, 5.74) is 7.16. The van der Waals surface area contributed by atoms with Gasteiger partial charge in [0.15, 0.2) is 0 Å². The molecule has 0 saturated carbocycles. The summed E-state index contributed by atoms with van der Waals surface area (Å²) in [6.07, 6.45) is 6.76. The number of ether oxygens (including phenoxy) is 1. The highest BCUT2D eigenvalue weighted by molar-refractivity contribution is 5.08. The van der Waals surface area contributed by atoms with E-state index in [0.717, 1.165) is 31.4 Å². The Morgan fingerprint density at radius 1 is 1.62 bits per heavy atom. The highest BCUT2D eigenvalue weighted by Gasteiger charge is 2.22. The molecule has 3 nitrogen and oxygen atoms in total. The summed E-state index contributed by atoms with van der Waals surface area (Å²) in [6.45, 7) is 0.865. The maximum Gasteiger partial charge on any atom is 0.0935 e. The first kappa shape index (κ1) is 8.78. The van der Waals surface area contributed by atoms with Crippen LogP contribution in [0.1, 0.15) is 18.4 Å². The van der Waals surface area contributed by atoms with Crippen molar-refractivity contribution in [2.24, 2.45) is 5.73 Å². The van der Waals surface area contributed by atoms with Gasteiger partial charge in [-0.15, -0.1) is 0 Å². The molecule has 3 heteroatoms. The Balaban J connectivity index is 1.87. The molecule has 0 amide bonds. The van der Waals surface area contributed by atoms with Crippen LogP contribution in [0.5, 0.6) is 0 Å². The predicted octanol–water partition coefficient (Wildman–Crippen LogP) is 1.33. The summed E-state index contributed by atoms with van der Waals surface area (Å²) in [6, 6.07) is 2.06. The molecule has 1 aliphatic rings. The number of furan rings is 1. The SMILES string of the molecule is NC(Cc1ccoc1)C1CCCO1. The third kappa shape index (κ3) is 2.11. The van der Waals surface area contributed by atoms with E-state index in [0.29, 0.717) is 0 Å². The Morgan fingerprint density at radius 2 is 2.54 bits per heavy atom. The van der Waals surface area contributed by atoms with Gasteiger partial charge in [-0.1, -0.05) is 0 Å². The average Bonchev–Trinajstić information content (AvgIpc) is 2.74. The van der Waals surface area contributed by atoms with Gasteiger partial charge in [-0.3, -0.25) is 0 Å². The van der Waals surface area contributed by atoms with Gasteiger partial charge < -0.3 is 14.9 Å². The van der Waals surface area contributed by atoms with Crippen molar-refractivity contribution in [2.45, 2.75) is 31.4 Å². The first-order valence-corrected chi connectivity index (χ1v) is 4.74. The van der Waals surface area contributed by atoms with Crippen molar-refractivity contribution in [1.29, 1.82) is 0 Å². The van der Waals surface area contributed by atoms with Gasteiger partial charge >= 0.3 is 0 Å². The van der Waals surface area contributed by atoms with E-state index < -0.39 is 0 Å². The van der Waals surface area contributed by atoms with E-state index in [1.165, 1.54) is 0 Å². The average molecular weight is 181 g/mol. The molecule has 2 N–H and O–H groups in total. The molecule has 72 valence electrons. The fourth-order valence-corrected chi connectivity index (χ4v) is 1.75. The second-order valence-corrected chi connectivity index (χ2v) is 3.55. The van der Waals surface area contributed by atoms with Gasteiger partial charge in [0.2, 0.25) is 0 Å². The van der Waals surface area contributed by atoms with E-state index in [1.807, 2.05) is 6.07 Å². The third-order valence-corrected chi connectivity index (χ3v) is 2.49. The highest BCUT2D eigenvalue weighted by atomic mass is 16.5. The molecular formula is C10H15NO2. The number of rotatable bonds is 3. The molecule has 2 rings (SSSR count). The van der Waals surface area contributed by atoms with Crippen molar-refractivity contribution in [3.63, 3.8) is 0 Å². The van der Waals surface area contributed by atoms with Crippen LogP contribution >= 0.6 is 0 Å². The van der Waals surface area contributed by atoms with Crippen molar-refractivity contribution >= 4 is 0 Å². The first-order chi connectivity index (χ1) is 6.36. The Kier molecular flexibility index (Phi) is 2.66. The summed E-state index contributed by atoms with van der Waals surface area (Å²) in [7, 11) is 0. The maximum absolute atomic E-state index is 6.00. The molecule has 2 unspecified atom stereocenters. The number of nitrogens with two attached hydrogens (primary N) is 1. The summed E-state index contributed by atoms with van der Waals surface area (Å²) in [5.74, 6) is 0. The first-order valence-electron chi connectivity index (χ1n) is 4.74. The smallest absolute Gasteiger partial charge is 0.0935 e. The number of hydrogen-bond acceptors (Lipinski definition) is 3. The molecule has 1 aliphatic heterocycles. The summed E-state index contributed by atoms with van der Waals surface area (Å²) in [5, 5.41) is 0. The molecule has 0 bridgehead atoms. The quantitative estimate of drug-likeness (QED) is 0.765. The lowest BCUT2D eigenvalue weighted by Crippen LogP contribution is -2.35. The standard InChI is InChI=1S/C10H15NO2/c11-9(10-2-1-4-13-10)6-8-3-5-12-7-8/h3,5,7,9-10H,1-2,4,6,11H2. The van der Waals surface area contributed by atoms with Gasteiger partial charge in [0, 0.05) is 12.6 Å². The van der Waals surface area contributed by atoms with Crippen LogP contribution in [0, 0.1) is 0 Å². The van der Waals surface area contributed by atoms with Gasteiger partial charge in [0.25, 0.3) is 0 Å². The van der Waals surface area contributed by atoms with Crippen molar-refractivity contribution in [3.05, 3.63) is 24.2 Å². The molecule has 0 spiro atoms. The molecule has 13 heavy (non-hydrogen) atoms. The zero-order valence-corrected chi connectivity index (χ0v) is 7.61. The van der Waals surface area contributed by atoms with Crippen LogP contribution in [0.4, 0.5) is 0 Å². The molecule has 0 aromatic carbocycles. The maximum atomic E-state index is 6.00. The van der Waals surface area contributed by atoms with E-state index >= 15 is 0 Å². The van der Waals surface area contributed by atoms with Crippen molar-refractivity contribution in [1.82, 2.24) is 0 Å². The fourth-order valence-electron chi connectivity index (χ4n) is 1.75. The number of hydrogen-bond donors (Lipinski definition) is 1. The lowest BCUT2D eigenvalue weighted by molar-refractivity contribution is 0.0900. The Bertz CT molecular complexity index is 239. The minimum atomic E-state index is 0.111. The van der Waals surface area contributed by atoms with E-state index in [1.54, 1.807) is 12.5 Å². The van der Waals surface area contributed by atoms with Crippen LogP contribution in [0.15, 0.2) is 23.0 Å². The summed E-state index contributed by atoms with van der Waals surface area (Å²) < 4.78 is 10.5. The molecule has 2 heterocycles. The van der Waals surface area contributed by atoms with Gasteiger partial charge in [-0.25, -0.2) is 0 Å². The largest absolute Gasteiger partial charge is 0.472 e. The van der Waals surface area contributed by atoms with E-state index in [-0.39, 0.29) is 12.1 Å². The van der Waals surface area contributed by atoms with Gasteiger partial charge in [-0.05, 0) is 30.9 Å². The molecule has 1 aromatic rings. The highest BCUT2D eigenvalue weighted by Crippen LogP contribution is 2.17. The molecular weight excluding hydrogens is 166 g/mol. The van der Waals surface area contributed by atoms with Crippen molar-refractivity contribution < 1.29 is 9.15 Å². The zero-order valence-electron chi connectivity index (χ0n) is 7.61. The van der Waals surface area contributed by atoms with Crippen LogP contribution in [0.25, 0.3) is 0 Å². The minimum Gasteiger partial charge on any atom is -0.472 e. The molecule has 0 aliphatic carbocycles. The third-order valence-electron chi connectivity index (χ3n) is 2.49. The molecule has 1 aromatic heterocycles. The fraction of sp³-hybridized carbons (Fsp3) is 0.600.